The van der Waals surface area contributed by atoms with Gasteiger partial charge in [-0.25, -0.2) is 0 Å². The van der Waals surface area contributed by atoms with Gasteiger partial charge in [0.2, 0.25) is 5.91 Å². The van der Waals surface area contributed by atoms with E-state index in [1.54, 1.807) is 7.11 Å². The maximum atomic E-state index is 12.3. The van der Waals surface area contributed by atoms with Gasteiger partial charge >= 0.3 is 0 Å². The van der Waals surface area contributed by atoms with Crippen molar-refractivity contribution in [3.63, 3.8) is 0 Å². The summed E-state index contributed by atoms with van der Waals surface area (Å²) >= 11 is 0. The fourth-order valence-electron chi connectivity index (χ4n) is 4.16. The number of hydrogen-bond acceptors (Lipinski definition) is 3. The first-order chi connectivity index (χ1) is 10.7. The van der Waals surface area contributed by atoms with Crippen molar-refractivity contribution >= 4 is 18.3 Å². The molecule has 1 saturated carbocycles. The molecule has 1 saturated heterocycles. The third-order valence-electron chi connectivity index (χ3n) is 5.74. The minimum absolute atomic E-state index is 0. The van der Waals surface area contributed by atoms with Crippen molar-refractivity contribution in [2.24, 2.45) is 17.3 Å². The molecule has 0 aromatic rings. The number of hydrogen-bond donors (Lipinski definition) is 2. The van der Waals surface area contributed by atoms with E-state index in [1.165, 1.54) is 32.1 Å². The van der Waals surface area contributed by atoms with Crippen LogP contribution in [-0.4, -0.2) is 39.3 Å². The van der Waals surface area contributed by atoms with Crippen molar-refractivity contribution in [1.82, 2.24) is 10.6 Å². The van der Waals surface area contributed by atoms with Crippen molar-refractivity contribution in [3.05, 3.63) is 0 Å². The van der Waals surface area contributed by atoms with Crippen LogP contribution in [0.1, 0.15) is 58.3 Å². The van der Waals surface area contributed by atoms with E-state index < -0.39 is 0 Å². The molecule has 0 aromatic carbocycles. The van der Waals surface area contributed by atoms with Gasteiger partial charge in [0, 0.05) is 25.5 Å². The lowest BCUT2D eigenvalue weighted by Crippen LogP contribution is -2.47. The molecule has 1 heterocycles. The topological polar surface area (TPSA) is 50.4 Å². The van der Waals surface area contributed by atoms with Gasteiger partial charge in [-0.1, -0.05) is 39.0 Å². The van der Waals surface area contributed by atoms with E-state index in [2.05, 4.69) is 17.6 Å². The third kappa shape index (κ3) is 6.60. The van der Waals surface area contributed by atoms with Crippen LogP contribution in [-0.2, 0) is 9.53 Å². The summed E-state index contributed by atoms with van der Waals surface area (Å²) in [7, 11) is 1.76. The number of piperidine rings is 1. The lowest BCUT2D eigenvalue weighted by molar-refractivity contribution is -0.123. The van der Waals surface area contributed by atoms with Crippen LogP contribution in [0.15, 0.2) is 0 Å². The summed E-state index contributed by atoms with van der Waals surface area (Å²) in [5, 5.41) is 6.59. The fraction of sp³-hybridized carbons (Fsp3) is 0.944. The Bertz CT molecular complexity index is 334. The molecule has 4 nitrogen and oxygen atoms in total. The van der Waals surface area contributed by atoms with Crippen LogP contribution in [0, 0.1) is 17.3 Å². The zero-order valence-corrected chi connectivity index (χ0v) is 15.7. The molecule has 136 valence electrons. The lowest BCUT2D eigenvalue weighted by atomic mass is 9.78. The molecule has 1 unspecified atom stereocenters. The predicted molar refractivity (Wildman–Crippen MR) is 97.0 cm³/mol. The van der Waals surface area contributed by atoms with E-state index in [9.17, 15) is 4.79 Å². The molecule has 0 radical (unpaired) electrons. The number of amides is 1. The first kappa shape index (κ1) is 20.7. The Labute approximate surface area is 147 Å². The molecule has 1 amide bonds. The maximum absolute atomic E-state index is 12.3. The van der Waals surface area contributed by atoms with Crippen LogP contribution < -0.4 is 10.6 Å². The number of carbonyl (C=O) groups excluding carboxylic acids is 1. The van der Waals surface area contributed by atoms with E-state index in [4.69, 9.17) is 4.74 Å². The highest BCUT2D eigenvalue weighted by molar-refractivity contribution is 5.85. The number of halogens is 1. The predicted octanol–water partition coefficient (Wildman–Crippen LogP) is 3.15. The van der Waals surface area contributed by atoms with Crippen LogP contribution in [0.2, 0.25) is 0 Å². The summed E-state index contributed by atoms with van der Waals surface area (Å²) in [6.07, 6.45) is 9.55. The Kier molecular flexibility index (Phi) is 9.48. The molecule has 2 rings (SSSR count). The Morgan fingerprint density at radius 3 is 2.52 bits per heavy atom. The van der Waals surface area contributed by atoms with Crippen LogP contribution in [0.3, 0.4) is 0 Å². The average molecular weight is 347 g/mol. The molecule has 23 heavy (non-hydrogen) atoms. The second kappa shape index (κ2) is 10.5. The van der Waals surface area contributed by atoms with Gasteiger partial charge < -0.3 is 15.4 Å². The first-order valence-corrected chi connectivity index (χ1v) is 9.11. The van der Waals surface area contributed by atoms with Crippen molar-refractivity contribution in [3.8, 4) is 0 Å². The number of ether oxygens (including phenoxy) is 1. The Hall–Kier alpha value is -0.320. The van der Waals surface area contributed by atoms with Crippen LogP contribution in [0.4, 0.5) is 0 Å². The van der Waals surface area contributed by atoms with Gasteiger partial charge in [0.05, 0.1) is 6.61 Å². The Morgan fingerprint density at radius 2 is 1.91 bits per heavy atom. The third-order valence-corrected chi connectivity index (χ3v) is 5.74. The number of carbonyl (C=O) groups is 1. The minimum atomic E-state index is 0. The Balaban J connectivity index is 0.00000264. The lowest BCUT2D eigenvalue weighted by Gasteiger charge is -2.37. The van der Waals surface area contributed by atoms with E-state index in [0.717, 1.165) is 45.0 Å². The SMILES string of the molecule is COCC1(CNC(=O)CC(C)C2CCCCC2)CCNCC1.Cl. The second-order valence-corrected chi connectivity index (χ2v) is 7.54. The number of nitrogens with one attached hydrogen (secondary N) is 2. The normalized spacial score (nSPS) is 22.9. The molecule has 1 atom stereocenters. The molecule has 0 aromatic heterocycles. The molecule has 2 aliphatic rings. The minimum Gasteiger partial charge on any atom is -0.384 e. The van der Waals surface area contributed by atoms with Crippen LogP contribution in [0.5, 0.6) is 0 Å². The monoisotopic (exact) mass is 346 g/mol. The van der Waals surface area contributed by atoms with Crippen LogP contribution >= 0.6 is 12.4 Å². The molecular weight excluding hydrogens is 312 g/mol. The van der Waals surface area contributed by atoms with E-state index in [-0.39, 0.29) is 23.7 Å². The van der Waals surface area contributed by atoms with Gasteiger partial charge in [-0.05, 0) is 37.8 Å². The van der Waals surface area contributed by atoms with E-state index in [1.807, 2.05) is 0 Å². The highest BCUT2D eigenvalue weighted by atomic mass is 35.5. The van der Waals surface area contributed by atoms with Crippen LogP contribution in [0.25, 0.3) is 0 Å². The molecule has 1 aliphatic carbocycles. The number of rotatable bonds is 7. The highest BCUT2D eigenvalue weighted by Crippen LogP contribution is 2.32. The van der Waals surface area contributed by atoms with Gasteiger partial charge in [-0.15, -0.1) is 12.4 Å². The van der Waals surface area contributed by atoms with Crippen molar-refractivity contribution in [2.75, 3.05) is 33.4 Å². The van der Waals surface area contributed by atoms with Gasteiger partial charge in [0.15, 0.2) is 0 Å². The van der Waals surface area contributed by atoms with Gasteiger partial charge in [0.1, 0.15) is 0 Å². The molecule has 5 heteroatoms. The molecular formula is C18H35ClN2O2. The average Bonchev–Trinajstić information content (AvgIpc) is 2.55. The second-order valence-electron chi connectivity index (χ2n) is 7.54. The largest absolute Gasteiger partial charge is 0.384 e. The quantitative estimate of drug-likeness (QED) is 0.744. The Morgan fingerprint density at radius 1 is 1.26 bits per heavy atom. The summed E-state index contributed by atoms with van der Waals surface area (Å²) in [6, 6.07) is 0. The molecule has 2 N–H and O–H groups in total. The van der Waals surface area contributed by atoms with Crippen molar-refractivity contribution in [1.29, 1.82) is 0 Å². The summed E-state index contributed by atoms with van der Waals surface area (Å²) in [6.45, 7) is 5.81. The molecule has 0 bridgehead atoms. The van der Waals surface area contributed by atoms with Crippen molar-refractivity contribution in [2.45, 2.75) is 58.3 Å². The fourth-order valence-corrected chi connectivity index (χ4v) is 4.16. The molecule has 1 aliphatic heterocycles. The molecule has 2 fully saturated rings. The van der Waals surface area contributed by atoms with Gasteiger partial charge in [-0.3, -0.25) is 4.79 Å². The summed E-state index contributed by atoms with van der Waals surface area (Å²) < 4.78 is 5.41. The maximum Gasteiger partial charge on any atom is 0.220 e. The molecule has 0 spiro atoms. The standard InChI is InChI=1S/C18H34N2O2.ClH/c1-15(16-6-4-3-5-7-16)12-17(21)20-13-18(14-22-2)8-10-19-11-9-18;/h15-16,19H,3-14H2,1-2H3,(H,20,21);1H. The first-order valence-electron chi connectivity index (χ1n) is 9.11. The highest BCUT2D eigenvalue weighted by Gasteiger charge is 2.32. The van der Waals surface area contributed by atoms with Crippen molar-refractivity contribution < 1.29 is 9.53 Å². The summed E-state index contributed by atoms with van der Waals surface area (Å²) in [5.74, 6) is 1.50. The smallest absolute Gasteiger partial charge is 0.220 e. The van der Waals surface area contributed by atoms with E-state index >= 15 is 0 Å². The zero-order valence-electron chi connectivity index (χ0n) is 14.9. The van der Waals surface area contributed by atoms with E-state index in [0.29, 0.717) is 12.3 Å². The summed E-state index contributed by atoms with van der Waals surface area (Å²) in [5.41, 5.74) is 0.129. The number of methoxy groups -OCH3 is 1. The summed E-state index contributed by atoms with van der Waals surface area (Å²) in [4.78, 5) is 12.3. The van der Waals surface area contributed by atoms with Gasteiger partial charge in [-0.2, -0.15) is 0 Å². The van der Waals surface area contributed by atoms with Gasteiger partial charge in [0.25, 0.3) is 0 Å². The zero-order chi connectivity index (χ0) is 15.8.